The molecule has 1 fully saturated rings. The van der Waals surface area contributed by atoms with Crippen LogP contribution >= 0.6 is 11.3 Å². The van der Waals surface area contributed by atoms with Crippen LogP contribution in [-0.2, 0) is 10.9 Å². The molecule has 0 atom stereocenters. The van der Waals surface area contributed by atoms with Gasteiger partial charge in [-0.15, -0.1) is 0 Å². The zero-order valence-electron chi connectivity index (χ0n) is 18.8. The molecule has 6 nitrogen and oxygen atoms in total. The Balaban J connectivity index is 1.60. The highest BCUT2D eigenvalue weighted by molar-refractivity contribution is 7.22. The number of carbonyl (C=O) groups is 1. The van der Waals surface area contributed by atoms with E-state index in [1.807, 2.05) is 25.1 Å². The molecule has 4 rings (SSSR count). The van der Waals surface area contributed by atoms with Crippen molar-refractivity contribution in [2.45, 2.75) is 19.5 Å². The van der Waals surface area contributed by atoms with Gasteiger partial charge in [-0.3, -0.25) is 14.6 Å². The maximum absolute atomic E-state index is 13.4. The van der Waals surface area contributed by atoms with Crippen LogP contribution in [0.25, 0.3) is 10.2 Å². The number of ether oxygens (including phenoxy) is 2. The van der Waals surface area contributed by atoms with Crippen LogP contribution in [0.3, 0.4) is 0 Å². The first-order valence-electron chi connectivity index (χ1n) is 11.2. The van der Waals surface area contributed by atoms with Crippen LogP contribution in [0.4, 0.5) is 18.3 Å². The van der Waals surface area contributed by atoms with E-state index in [2.05, 4.69) is 9.88 Å². The zero-order valence-corrected chi connectivity index (χ0v) is 19.6. The number of anilines is 1. The van der Waals surface area contributed by atoms with Crippen LogP contribution in [0.2, 0.25) is 0 Å². The molecular formula is C24H26F3N3O3S. The average Bonchev–Trinajstić information content (AvgIpc) is 3.27. The number of aromatic nitrogens is 1. The summed E-state index contributed by atoms with van der Waals surface area (Å²) in [7, 11) is 0. The second-order valence-electron chi connectivity index (χ2n) is 7.87. The number of halogens is 3. The molecule has 0 saturated carbocycles. The largest absolute Gasteiger partial charge is 0.492 e. The molecule has 1 amide bonds. The normalized spacial score (nSPS) is 14.9. The number of amides is 1. The second-order valence-corrected chi connectivity index (χ2v) is 8.88. The number of thiazole rings is 1. The average molecular weight is 494 g/mol. The van der Waals surface area contributed by atoms with Crippen molar-refractivity contribution in [2.75, 3.05) is 50.9 Å². The summed E-state index contributed by atoms with van der Waals surface area (Å²) in [6.07, 6.45) is -3.76. The fourth-order valence-electron chi connectivity index (χ4n) is 3.82. The first-order chi connectivity index (χ1) is 16.4. The molecule has 10 heteroatoms. The van der Waals surface area contributed by atoms with Gasteiger partial charge in [0.2, 0.25) is 0 Å². The van der Waals surface area contributed by atoms with Crippen molar-refractivity contribution in [3.05, 3.63) is 53.6 Å². The molecule has 1 aliphatic rings. The Bertz CT molecular complexity index is 1110. The summed E-state index contributed by atoms with van der Waals surface area (Å²) in [5, 5.41) is 0.494. The number of morpholine rings is 1. The van der Waals surface area contributed by atoms with Gasteiger partial charge < -0.3 is 9.47 Å². The summed E-state index contributed by atoms with van der Waals surface area (Å²) in [4.78, 5) is 21.9. The third kappa shape index (κ3) is 5.68. The van der Waals surface area contributed by atoms with Crippen molar-refractivity contribution >= 4 is 32.6 Å². The number of hydrogen-bond donors (Lipinski definition) is 0. The summed E-state index contributed by atoms with van der Waals surface area (Å²) in [6.45, 7) is 6.60. The van der Waals surface area contributed by atoms with Gasteiger partial charge in [0, 0.05) is 31.7 Å². The Morgan fingerprint density at radius 1 is 1.18 bits per heavy atom. The van der Waals surface area contributed by atoms with Crippen molar-refractivity contribution in [3.8, 4) is 5.75 Å². The smallest absolute Gasteiger partial charge is 0.416 e. The van der Waals surface area contributed by atoms with Gasteiger partial charge in [-0.25, -0.2) is 4.98 Å². The van der Waals surface area contributed by atoms with Crippen LogP contribution in [-0.4, -0.2) is 61.8 Å². The monoisotopic (exact) mass is 493 g/mol. The molecule has 2 aromatic carbocycles. The fraction of sp³-hybridized carbons (Fsp3) is 0.417. The number of nitrogens with zero attached hydrogens (tertiary/aromatic N) is 3. The highest BCUT2D eigenvalue weighted by atomic mass is 32.1. The minimum absolute atomic E-state index is 0.184. The molecule has 34 heavy (non-hydrogen) atoms. The van der Waals surface area contributed by atoms with E-state index < -0.39 is 11.7 Å². The Morgan fingerprint density at radius 2 is 1.91 bits per heavy atom. The van der Waals surface area contributed by atoms with Gasteiger partial charge in [0.05, 0.1) is 30.1 Å². The third-order valence-corrected chi connectivity index (χ3v) is 6.61. The Labute approximate surface area is 199 Å². The number of fused-ring (bicyclic) bond motifs is 1. The van der Waals surface area contributed by atoms with Crippen molar-refractivity contribution in [1.29, 1.82) is 0 Å². The molecule has 0 aliphatic carbocycles. The van der Waals surface area contributed by atoms with E-state index in [4.69, 9.17) is 9.47 Å². The van der Waals surface area contributed by atoms with Crippen LogP contribution in [0, 0.1) is 0 Å². The molecule has 0 radical (unpaired) electrons. The quantitative estimate of drug-likeness (QED) is 0.438. The fourth-order valence-corrected chi connectivity index (χ4v) is 4.83. The van der Waals surface area contributed by atoms with Crippen molar-refractivity contribution in [2.24, 2.45) is 0 Å². The number of para-hydroxylation sites is 1. The number of carbonyl (C=O) groups excluding carboxylic acids is 1. The molecule has 1 aliphatic heterocycles. The summed E-state index contributed by atoms with van der Waals surface area (Å²) in [5.74, 6) is 0.255. The van der Waals surface area contributed by atoms with Crippen LogP contribution < -0.4 is 9.64 Å². The highest BCUT2D eigenvalue weighted by Crippen LogP contribution is 2.35. The first kappa shape index (κ1) is 24.4. The molecule has 1 aromatic heterocycles. The Hall–Kier alpha value is -2.69. The zero-order chi connectivity index (χ0) is 24.1. The molecule has 0 bridgehead atoms. The van der Waals surface area contributed by atoms with E-state index in [-0.39, 0.29) is 11.5 Å². The van der Waals surface area contributed by atoms with Gasteiger partial charge in [0.25, 0.3) is 5.91 Å². The van der Waals surface area contributed by atoms with E-state index >= 15 is 0 Å². The van der Waals surface area contributed by atoms with Crippen molar-refractivity contribution < 1.29 is 27.4 Å². The summed E-state index contributed by atoms with van der Waals surface area (Å²) in [6, 6.07) is 9.92. The van der Waals surface area contributed by atoms with Crippen LogP contribution in [0.5, 0.6) is 5.75 Å². The number of alkyl halides is 3. The Kier molecular flexibility index (Phi) is 7.70. The summed E-state index contributed by atoms with van der Waals surface area (Å²) < 4.78 is 50.9. The van der Waals surface area contributed by atoms with E-state index in [1.54, 1.807) is 4.90 Å². The first-order valence-corrected chi connectivity index (χ1v) is 12.0. The van der Waals surface area contributed by atoms with Crippen molar-refractivity contribution in [1.82, 2.24) is 9.88 Å². The lowest BCUT2D eigenvalue weighted by atomic mass is 10.1. The highest BCUT2D eigenvalue weighted by Gasteiger charge is 2.31. The van der Waals surface area contributed by atoms with E-state index in [0.29, 0.717) is 49.2 Å². The molecule has 0 N–H and O–H groups in total. The maximum atomic E-state index is 13.4. The van der Waals surface area contributed by atoms with Gasteiger partial charge in [-0.05, 0) is 49.7 Å². The van der Waals surface area contributed by atoms with Gasteiger partial charge >= 0.3 is 6.18 Å². The molecule has 1 saturated heterocycles. The van der Waals surface area contributed by atoms with Gasteiger partial charge in [0.1, 0.15) is 11.3 Å². The topological polar surface area (TPSA) is 54.9 Å². The van der Waals surface area contributed by atoms with E-state index in [0.717, 1.165) is 36.5 Å². The molecule has 3 aromatic rings. The predicted octanol–water partition coefficient (Wildman–Crippen LogP) is 5.08. The summed E-state index contributed by atoms with van der Waals surface area (Å²) >= 11 is 1.36. The van der Waals surface area contributed by atoms with E-state index in [9.17, 15) is 18.0 Å². The number of benzene rings is 2. The maximum Gasteiger partial charge on any atom is 0.416 e. The molecule has 2 heterocycles. The number of rotatable bonds is 8. The second kappa shape index (κ2) is 10.7. The van der Waals surface area contributed by atoms with Gasteiger partial charge in [0.15, 0.2) is 5.13 Å². The van der Waals surface area contributed by atoms with Crippen molar-refractivity contribution in [3.63, 3.8) is 0 Å². The van der Waals surface area contributed by atoms with Crippen LogP contribution in [0.1, 0.15) is 29.3 Å². The lowest BCUT2D eigenvalue weighted by Gasteiger charge is -2.27. The molecule has 0 spiro atoms. The molecule has 182 valence electrons. The molecular weight excluding hydrogens is 467 g/mol. The SMILES string of the molecule is CCOc1cccc2sc(N(CCCN3CCOCC3)C(=O)c3ccc(C(F)(F)F)cc3)nc12. The lowest BCUT2D eigenvalue weighted by Crippen LogP contribution is -2.39. The third-order valence-electron chi connectivity index (χ3n) is 5.57. The lowest BCUT2D eigenvalue weighted by molar-refractivity contribution is -0.137. The van der Waals surface area contributed by atoms with Crippen LogP contribution in [0.15, 0.2) is 42.5 Å². The minimum Gasteiger partial charge on any atom is -0.492 e. The standard InChI is InChI=1S/C24H26F3N3O3S/c1-2-33-19-5-3-6-20-21(19)28-23(34-20)30(12-4-11-29-13-15-32-16-14-29)22(31)17-7-9-18(10-8-17)24(25,26)27/h3,5-10H,2,4,11-16H2,1H3. The Morgan fingerprint density at radius 3 is 2.59 bits per heavy atom. The minimum atomic E-state index is -4.46. The number of hydrogen-bond acceptors (Lipinski definition) is 6. The molecule has 0 unspecified atom stereocenters. The van der Waals surface area contributed by atoms with Gasteiger partial charge in [-0.1, -0.05) is 17.4 Å². The van der Waals surface area contributed by atoms with Gasteiger partial charge in [-0.2, -0.15) is 13.2 Å². The predicted molar refractivity (Wildman–Crippen MR) is 126 cm³/mol. The van der Waals surface area contributed by atoms with E-state index in [1.165, 1.54) is 23.5 Å². The summed E-state index contributed by atoms with van der Waals surface area (Å²) in [5.41, 5.74) is 0.0654.